The van der Waals surface area contributed by atoms with Crippen molar-refractivity contribution >= 4 is 96.2 Å². The molecule has 0 amide bonds. The first-order valence-corrected chi connectivity index (χ1v) is 22.5. The highest BCUT2D eigenvalue weighted by Crippen LogP contribution is 2.50. The molecule has 0 unspecified atom stereocenters. The van der Waals surface area contributed by atoms with Crippen molar-refractivity contribution in [3.8, 4) is 0 Å². The van der Waals surface area contributed by atoms with Gasteiger partial charge in [0, 0.05) is 45.2 Å². The molecule has 5 heteroatoms. The van der Waals surface area contributed by atoms with Crippen LogP contribution in [0.1, 0.15) is 56.2 Å². The molecule has 0 atom stereocenters. The third kappa shape index (κ3) is 6.38. The minimum atomic E-state index is -0.0286. The van der Waals surface area contributed by atoms with E-state index in [9.17, 15) is 0 Å². The Balaban J connectivity index is 1.26. The molecule has 0 bridgehead atoms. The van der Waals surface area contributed by atoms with Crippen LogP contribution in [-0.4, -0.2) is 6.71 Å². The fraction of sp³-hybridized carbons (Fsp3) is 0.158. The molecule has 0 fully saturated rings. The van der Waals surface area contributed by atoms with E-state index in [2.05, 4.69) is 211 Å². The van der Waals surface area contributed by atoms with E-state index in [-0.39, 0.29) is 6.71 Å². The molecule has 11 rings (SSSR count). The van der Waals surface area contributed by atoms with Crippen molar-refractivity contribution in [2.45, 2.75) is 59.3 Å². The molecular weight excluding hydrogens is 753 g/mol. The second kappa shape index (κ2) is 15.8. The van der Waals surface area contributed by atoms with Gasteiger partial charge in [-0.1, -0.05) is 129 Å². The minimum absolute atomic E-state index is 0.0286. The van der Waals surface area contributed by atoms with Crippen LogP contribution >= 0.6 is 0 Å². The van der Waals surface area contributed by atoms with Crippen LogP contribution in [0, 0.1) is 6.92 Å². The SMILES string of the molecule is CCCCc1ccc(N2c3ccc(C)cc3B3c4ccc5oc6ccccc6c5c4N(c4ccc(CCCC)cc4)c4cc(N(c5ccccc5)c5ccccc5)cc2c43)cc1. The van der Waals surface area contributed by atoms with Gasteiger partial charge in [-0.05, 0) is 139 Å². The lowest BCUT2D eigenvalue weighted by Gasteiger charge is -2.45. The van der Waals surface area contributed by atoms with Crippen LogP contribution in [-0.2, 0) is 12.8 Å². The number of aryl methyl sites for hydroxylation is 3. The summed E-state index contributed by atoms with van der Waals surface area (Å²) in [4.78, 5) is 7.51. The number of benzene rings is 8. The van der Waals surface area contributed by atoms with Crippen LogP contribution in [0.15, 0.2) is 180 Å². The second-order valence-corrected chi connectivity index (χ2v) is 17.1. The first-order chi connectivity index (χ1) is 30.6. The summed E-state index contributed by atoms with van der Waals surface area (Å²) in [5.74, 6) is 0. The highest BCUT2D eigenvalue weighted by atomic mass is 16.3. The Bertz CT molecular complexity index is 3030. The summed E-state index contributed by atoms with van der Waals surface area (Å²) < 4.78 is 6.69. The summed E-state index contributed by atoms with van der Waals surface area (Å²) >= 11 is 0. The van der Waals surface area contributed by atoms with Crippen LogP contribution < -0.4 is 31.1 Å². The lowest BCUT2D eigenvalue weighted by Crippen LogP contribution is -2.61. The number of hydrogen-bond donors (Lipinski definition) is 0. The van der Waals surface area contributed by atoms with Gasteiger partial charge in [-0.3, -0.25) is 0 Å². The van der Waals surface area contributed by atoms with Gasteiger partial charge in [0.2, 0.25) is 0 Å². The third-order valence-corrected chi connectivity index (χ3v) is 13.0. The first kappa shape index (κ1) is 38.0. The molecule has 4 nitrogen and oxygen atoms in total. The third-order valence-electron chi connectivity index (χ3n) is 13.0. The number of rotatable bonds is 11. The number of nitrogens with zero attached hydrogens (tertiary/aromatic N) is 3. The highest BCUT2D eigenvalue weighted by Gasteiger charge is 2.45. The zero-order chi connectivity index (χ0) is 41.7. The van der Waals surface area contributed by atoms with E-state index in [0.29, 0.717) is 0 Å². The monoisotopic (exact) mass is 803 g/mol. The van der Waals surface area contributed by atoms with Crippen molar-refractivity contribution < 1.29 is 4.42 Å². The zero-order valence-corrected chi connectivity index (χ0v) is 35.8. The van der Waals surface area contributed by atoms with Gasteiger partial charge < -0.3 is 19.1 Å². The Morgan fingerprint density at radius 1 is 0.500 bits per heavy atom. The number of anilines is 9. The van der Waals surface area contributed by atoms with E-state index >= 15 is 0 Å². The van der Waals surface area contributed by atoms with Crippen LogP contribution in [0.4, 0.5) is 51.2 Å². The summed E-state index contributed by atoms with van der Waals surface area (Å²) in [5, 5.41) is 2.28. The van der Waals surface area contributed by atoms with Crippen LogP contribution in [0.2, 0.25) is 0 Å². The van der Waals surface area contributed by atoms with E-state index in [4.69, 9.17) is 4.42 Å². The van der Waals surface area contributed by atoms with Crippen LogP contribution in [0.3, 0.4) is 0 Å². The Kier molecular flexibility index (Phi) is 9.68. The smallest absolute Gasteiger partial charge is 0.252 e. The quantitative estimate of drug-likeness (QED) is 0.122. The molecule has 2 aliphatic rings. The second-order valence-electron chi connectivity index (χ2n) is 17.1. The molecule has 0 N–H and O–H groups in total. The fourth-order valence-electron chi connectivity index (χ4n) is 10.1. The highest BCUT2D eigenvalue weighted by molar-refractivity contribution is 7.00. The fourth-order valence-corrected chi connectivity index (χ4v) is 10.1. The van der Waals surface area contributed by atoms with Gasteiger partial charge in [-0.15, -0.1) is 0 Å². The predicted molar refractivity (Wildman–Crippen MR) is 264 cm³/mol. The summed E-state index contributed by atoms with van der Waals surface area (Å²) in [7, 11) is 0. The molecule has 0 aliphatic carbocycles. The van der Waals surface area contributed by atoms with Crippen molar-refractivity contribution in [1.29, 1.82) is 0 Å². The summed E-state index contributed by atoms with van der Waals surface area (Å²) in [5.41, 5.74) is 20.0. The van der Waals surface area contributed by atoms with Crippen LogP contribution in [0.5, 0.6) is 0 Å². The molecule has 62 heavy (non-hydrogen) atoms. The minimum Gasteiger partial charge on any atom is -0.456 e. The number of fused-ring (bicyclic) bond motifs is 8. The molecule has 0 radical (unpaired) electrons. The largest absolute Gasteiger partial charge is 0.456 e. The molecule has 8 aromatic carbocycles. The topological polar surface area (TPSA) is 22.9 Å². The van der Waals surface area contributed by atoms with Gasteiger partial charge in [-0.2, -0.15) is 0 Å². The molecule has 302 valence electrons. The van der Waals surface area contributed by atoms with E-state index < -0.39 is 0 Å². The number of hydrogen-bond acceptors (Lipinski definition) is 4. The molecule has 9 aromatic rings. The van der Waals surface area contributed by atoms with Gasteiger partial charge in [0.25, 0.3) is 6.71 Å². The van der Waals surface area contributed by atoms with Crippen molar-refractivity contribution in [2.24, 2.45) is 0 Å². The van der Waals surface area contributed by atoms with Crippen molar-refractivity contribution in [2.75, 3.05) is 14.7 Å². The lowest BCUT2D eigenvalue weighted by molar-refractivity contribution is 0.669. The lowest BCUT2D eigenvalue weighted by atomic mass is 9.33. The normalized spacial score (nSPS) is 12.7. The van der Waals surface area contributed by atoms with Crippen molar-refractivity contribution in [3.63, 3.8) is 0 Å². The van der Waals surface area contributed by atoms with E-state index in [1.807, 2.05) is 0 Å². The molecule has 0 saturated carbocycles. The Labute approximate surface area is 365 Å². The Hall–Kier alpha value is -6.98. The first-order valence-electron chi connectivity index (χ1n) is 22.5. The average molecular weight is 804 g/mol. The van der Waals surface area contributed by atoms with Crippen molar-refractivity contribution in [1.82, 2.24) is 0 Å². The maximum atomic E-state index is 6.69. The summed E-state index contributed by atoms with van der Waals surface area (Å²) in [6.07, 6.45) is 6.87. The van der Waals surface area contributed by atoms with Gasteiger partial charge in [0.1, 0.15) is 11.2 Å². The molecule has 0 saturated heterocycles. The molecule has 0 spiro atoms. The Morgan fingerprint density at radius 3 is 1.71 bits per heavy atom. The van der Waals surface area contributed by atoms with E-state index in [1.54, 1.807) is 0 Å². The molecular formula is C57H50BN3O. The summed E-state index contributed by atoms with van der Waals surface area (Å²) in [6.45, 7) is 6.74. The number of furan rings is 1. The number of para-hydroxylation sites is 3. The Morgan fingerprint density at radius 2 is 1.08 bits per heavy atom. The van der Waals surface area contributed by atoms with E-state index in [0.717, 1.165) is 63.2 Å². The predicted octanol–water partition coefficient (Wildman–Crippen LogP) is 14.1. The van der Waals surface area contributed by atoms with Crippen molar-refractivity contribution in [3.05, 3.63) is 193 Å². The van der Waals surface area contributed by atoms with Crippen LogP contribution in [0.25, 0.3) is 21.9 Å². The molecule has 3 heterocycles. The molecule has 2 aliphatic heterocycles. The number of unbranched alkanes of at least 4 members (excludes halogenated alkanes) is 2. The standard InChI is InChI=1S/C57H50BN3O/c1-4-6-16-40-25-29-44(30-26-40)60-50-34-24-39(3)36-49(50)58-48-33-35-54-55(47-22-14-15-23-53(47)62-54)57(48)61(45-31-27-41(28-32-45)17-7-5-2)52-38-46(37-51(60)56(52)58)59(42-18-10-8-11-19-42)43-20-12-9-13-21-43/h8-15,18-38H,4-7,16-17H2,1-3H3. The van der Waals surface area contributed by atoms with Gasteiger partial charge >= 0.3 is 0 Å². The maximum Gasteiger partial charge on any atom is 0.252 e. The maximum absolute atomic E-state index is 6.69. The van der Waals surface area contributed by atoms with Gasteiger partial charge in [-0.25, -0.2) is 0 Å². The molecule has 1 aromatic heterocycles. The van der Waals surface area contributed by atoms with Gasteiger partial charge in [0.15, 0.2) is 0 Å². The van der Waals surface area contributed by atoms with E-state index in [1.165, 1.54) is 81.5 Å². The zero-order valence-electron chi connectivity index (χ0n) is 35.8. The van der Waals surface area contributed by atoms with Gasteiger partial charge in [0.05, 0.1) is 16.8 Å². The summed E-state index contributed by atoms with van der Waals surface area (Å²) in [6, 6.07) is 65.4. The average Bonchev–Trinajstić information content (AvgIpc) is 3.70.